The van der Waals surface area contributed by atoms with E-state index in [2.05, 4.69) is 34.7 Å². The van der Waals surface area contributed by atoms with Crippen LogP contribution in [0.3, 0.4) is 0 Å². The molecule has 118 valence electrons. The van der Waals surface area contributed by atoms with E-state index < -0.39 is 0 Å². The van der Waals surface area contributed by atoms with Crippen molar-refractivity contribution in [2.45, 2.75) is 37.7 Å². The van der Waals surface area contributed by atoms with Crippen molar-refractivity contribution in [3.05, 3.63) is 29.8 Å². The van der Waals surface area contributed by atoms with Gasteiger partial charge in [0.1, 0.15) is 0 Å². The van der Waals surface area contributed by atoms with Crippen molar-refractivity contribution >= 4 is 17.7 Å². The van der Waals surface area contributed by atoms with Crippen LogP contribution in [0, 0.1) is 6.92 Å². The first kappa shape index (κ1) is 16.5. The molecule has 1 amide bonds. The van der Waals surface area contributed by atoms with Crippen molar-refractivity contribution in [3.63, 3.8) is 0 Å². The first-order valence-corrected chi connectivity index (χ1v) is 8.20. The highest BCUT2D eigenvalue weighted by molar-refractivity contribution is 8.00. The van der Waals surface area contributed by atoms with Crippen LogP contribution in [0.5, 0.6) is 0 Å². The Morgan fingerprint density at radius 2 is 2.00 bits per heavy atom. The van der Waals surface area contributed by atoms with E-state index in [1.165, 1.54) is 17.3 Å². The monoisotopic (exact) mass is 318 g/mol. The van der Waals surface area contributed by atoms with Crippen LogP contribution in [0.2, 0.25) is 0 Å². The molecule has 1 atom stereocenters. The minimum Gasteiger partial charge on any atom is -0.348 e. The third-order valence-corrected chi connectivity index (χ3v) is 4.56. The summed E-state index contributed by atoms with van der Waals surface area (Å²) in [6, 6.07) is 8.13. The van der Waals surface area contributed by atoms with Gasteiger partial charge in [0.15, 0.2) is 11.0 Å². The Balaban J connectivity index is 2.33. The summed E-state index contributed by atoms with van der Waals surface area (Å²) in [6.45, 7) is 6.79. The van der Waals surface area contributed by atoms with Gasteiger partial charge < -0.3 is 9.47 Å². The Hall–Kier alpha value is -1.82. The smallest absolute Gasteiger partial charge is 0.235 e. The zero-order valence-corrected chi connectivity index (χ0v) is 14.5. The van der Waals surface area contributed by atoms with Crippen molar-refractivity contribution in [3.8, 4) is 11.4 Å². The molecule has 2 rings (SSSR count). The largest absolute Gasteiger partial charge is 0.348 e. The third kappa shape index (κ3) is 3.32. The van der Waals surface area contributed by atoms with E-state index >= 15 is 0 Å². The predicted octanol–water partition coefficient (Wildman–Crippen LogP) is 2.84. The first-order valence-electron chi connectivity index (χ1n) is 7.32. The number of carbonyl (C=O) groups excluding carboxylic acids is 1. The quantitative estimate of drug-likeness (QED) is 0.796. The second kappa shape index (κ2) is 6.96. The highest BCUT2D eigenvalue weighted by Gasteiger charge is 2.21. The molecule has 22 heavy (non-hydrogen) atoms. The van der Waals surface area contributed by atoms with Gasteiger partial charge in [-0.1, -0.05) is 36.0 Å². The zero-order valence-electron chi connectivity index (χ0n) is 13.7. The number of aryl methyl sites for hydroxylation is 1. The summed E-state index contributed by atoms with van der Waals surface area (Å²) in [6.07, 6.45) is 0. The van der Waals surface area contributed by atoms with E-state index in [-0.39, 0.29) is 11.2 Å². The molecule has 2 aromatic rings. The summed E-state index contributed by atoms with van der Waals surface area (Å²) in [5.74, 6) is 0.931. The molecule has 0 unspecified atom stereocenters. The topological polar surface area (TPSA) is 51.0 Å². The second-order valence-electron chi connectivity index (χ2n) is 5.36. The average molecular weight is 318 g/mol. The van der Waals surface area contributed by atoms with E-state index in [4.69, 9.17) is 0 Å². The lowest BCUT2D eigenvalue weighted by molar-refractivity contribution is -0.127. The maximum Gasteiger partial charge on any atom is 0.235 e. The zero-order chi connectivity index (χ0) is 16.3. The van der Waals surface area contributed by atoms with Crippen LogP contribution in [-0.4, -0.2) is 44.9 Å². The highest BCUT2D eigenvalue weighted by atomic mass is 32.2. The van der Waals surface area contributed by atoms with Crippen LogP contribution >= 0.6 is 11.8 Å². The Kier molecular flexibility index (Phi) is 5.24. The molecule has 0 aliphatic rings. The number of hydrogen-bond donors (Lipinski definition) is 0. The molecule has 0 aliphatic heterocycles. The van der Waals surface area contributed by atoms with Gasteiger partial charge in [-0.2, -0.15) is 0 Å². The molecule has 0 fully saturated rings. The van der Waals surface area contributed by atoms with E-state index in [1.54, 1.807) is 19.0 Å². The molecule has 5 nitrogen and oxygen atoms in total. The number of thioether (sulfide) groups is 1. The number of nitrogens with zero attached hydrogens (tertiary/aromatic N) is 4. The molecule has 0 radical (unpaired) electrons. The van der Waals surface area contributed by atoms with Gasteiger partial charge >= 0.3 is 0 Å². The third-order valence-electron chi connectivity index (χ3n) is 3.49. The van der Waals surface area contributed by atoms with Crippen LogP contribution in [0.25, 0.3) is 11.4 Å². The maximum atomic E-state index is 12.0. The fourth-order valence-corrected chi connectivity index (χ4v) is 3.31. The van der Waals surface area contributed by atoms with Crippen molar-refractivity contribution in [2.24, 2.45) is 0 Å². The lowest BCUT2D eigenvalue weighted by Crippen LogP contribution is -2.29. The Morgan fingerprint density at radius 3 is 2.59 bits per heavy atom. The molecule has 0 saturated carbocycles. The van der Waals surface area contributed by atoms with Crippen molar-refractivity contribution in [1.29, 1.82) is 0 Å². The molecule has 0 saturated heterocycles. The number of amides is 1. The minimum absolute atomic E-state index is 0.0769. The van der Waals surface area contributed by atoms with E-state index in [0.29, 0.717) is 0 Å². The lowest BCUT2D eigenvalue weighted by Gasteiger charge is -2.16. The maximum absolute atomic E-state index is 12.0. The van der Waals surface area contributed by atoms with Crippen LogP contribution in [-0.2, 0) is 11.3 Å². The summed E-state index contributed by atoms with van der Waals surface area (Å²) in [5.41, 5.74) is 2.24. The normalized spacial score (nSPS) is 12.2. The summed E-state index contributed by atoms with van der Waals surface area (Å²) in [7, 11) is 3.53. The SMILES string of the molecule is CCn1c(S[C@@H](C)C(=O)N(C)C)nnc1-c1ccccc1C. The highest BCUT2D eigenvalue weighted by Crippen LogP contribution is 2.28. The van der Waals surface area contributed by atoms with E-state index in [1.807, 2.05) is 25.1 Å². The molecule has 1 aromatic carbocycles. The van der Waals surface area contributed by atoms with Crippen molar-refractivity contribution < 1.29 is 4.79 Å². The summed E-state index contributed by atoms with van der Waals surface area (Å²) in [4.78, 5) is 13.6. The van der Waals surface area contributed by atoms with Gasteiger partial charge in [-0.3, -0.25) is 4.79 Å². The van der Waals surface area contributed by atoms with Crippen LogP contribution < -0.4 is 0 Å². The number of benzene rings is 1. The number of carbonyl (C=O) groups is 1. The van der Waals surface area contributed by atoms with Gasteiger partial charge in [0.2, 0.25) is 5.91 Å². The fraction of sp³-hybridized carbons (Fsp3) is 0.438. The van der Waals surface area contributed by atoms with Gasteiger partial charge in [0, 0.05) is 26.2 Å². The Labute approximate surface area is 135 Å². The Morgan fingerprint density at radius 1 is 1.32 bits per heavy atom. The first-order chi connectivity index (χ1) is 10.5. The Bertz CT molecular complexity index is 666. The van der Waals surface area contributed by atoms with Gasteiger partial charge in [0.05, 0.1) is 5.25 Å². The number of aromatic nitrogens is 3. The summed E-state index contributed by atoms with van der Waals surface area (Å²) < 4.78 is 2.06. The van der Waals surface area contributed by atoms with Crippen molar-refractivity contribution in [2.75, 3.05) is 14.1 Å². The number of rotatable bonds is 5. The van der Waals surface area contributed by atoms with Crippen molar-refractivity contribution in [1.82, 2.24) is 19.7 Å². The molecule has 0 spiro atoms. The molecule has 6 heteroatoms. The van der Waals surface area contributed by atoms with Gasteiger partial charge in [-0.25, -0.2) is 0 Å². The van der Waals surface area contributed by atoms with Crippen LogP contribution in [0.15, 0.2) is 29.4 Å². The fourth-order valence-electron chi connectivity index (χ4n) is 2.26. The van der Waals surface area contributed by atoms with Crippen LogP contribution in [0.1, 0.15) is 19.4 Å². The molecule has 0 N–H and O–H groups in total. The van der Waals surface area contributed by atoms with Gasteiger partial charge in [-0.15, -0.1) is 10.2 Å². The second-order valence-corrected chi connectivity index (χ2v) is 6.67. The molecule has 0 bridgehead atoms. The predicted molar refractivity (Wildman–Crippen MR) is 89.9 cm³/mol. The molecule has 0 aliphatic carbocycles. The summed E-state index contributed by atoms with van der Waals surface area (Å²) in [5, 5.41) is 9.23. The average Bonchev–Trinajstić information content (AvgIpc) is 2.89. The molecule has 1 heterocycles. The summed E-state index contributed by atoms with van der Waals surface area (Å²) >= 11 is 1.45. The molecular weight excluding hydrogens is 296 g/mol. The molecular formula is C16H22N4OS. The van der Waals surface area contributed by atoms with E-state index in [0.717, 1.165) is 23.1 Å². The van der Waals surface area contributed by atoms with E-state index in [9.17, 15) is 4.79 Å². The lowest BCUT2D eigenvalue weighted by atomic mass is 10.1. The standard InChI is InChI=1S/C16H22N4OS/c1-6-20-14(13-10-8-7-9-11(13)2)17-18-16(20)22-12(3)15(21)19(4)5/h7-10,12H,6H2,1-5H3/t12-/m0/s1. The van der Waals surface area contributed by atoms with Gasteiger partial charge in [0.25, 0.3) is 0 Å². The molecule has 1 aromatic heterocycles. The van der Waals surface area contributed by atoms with Crippen LogP contribution in [0.4, 0.5) is 0 Å². The number of hydrogen-bond acceptors (Lipinski definition) is 4. The minimum atomic E-state index is -0.186. The van der Waals surface area contributed by atoms with Gasteiger partial charge in [-0.05, 0) is 26.3 Å².